The highest BCUT2D eigenvalue weighted by Crippen LogP contribution is 2.29. The van der Waals surface area contributed by atoms with E-state index in [1.807, 2.05) is 6.07 Å². The minimum Gasteiger partial charge on any atom is -0.497 e. The van der Waals surface area contributed by atoms with E-state index in [4.69, 9.17) is 9.47 Å². The fraction of sp³-hybridized carbons (Fsp3) is 0.538. The largest absolute Gasteiger partial charge is 0.497 e. The van der Waals surface area contributed by atoms with Gasteiger partial charge in [-0.05, 0) is 30.0 Å². The average Bonchev–Trinajstić information content (AvgIpc) is 2.28. The van der Waals surface area contributed by atoms with Gasteiger partial charge < -0.3 is 9.47 Å². The zero-order valence-electron chi connectivity index (χ0n) is 10.0. The van der Waals surface area contributed by atoms with Crippen molar-refractivity contribution in [3.63, 3.8) is 0 Å². The van der Waals surface area contributed by atoms with Crippen molar-refractivity contribution >= 4 is 0 Å². The smallest absolute Gasteiger partial charge is 0.122 e. The van der Waals surface area contributed by atoms with Gasteiger partial charge in [0.25, 0.3) is 0 Å². The van der Waals surface area contributed by atoms with Crippen molar-refractivity contribution in [2.75, 3.05) is 14.2 Å². The molecule has 1 aromatic rings. The van der Waals surface area contributed by atoms with Crippen molar-refractivity contribution in [2.24, 2.45) is 0 Å². The lowest BCUT2D eigenvalue weighted by Crippen LogP contribution is -1.96. The Morgan fingerprint density at radius 3 is 2.00 bits per heavy atom. The summed E-state index contributed by atoms with van der Waals surface area (Å²) in [5, 5.41) is 0. The first kappa shape index (κ1) is 11.9. The van der Waals surface area contributed by atoms with E-state index >= 15 is 0 Å². The fourth-order valence-corrected chi connectivity index (χ4v) is 1.71. The van der Waals surface area contributed by atoms with E-state index < -0.39 is 0 Å². The Hall–Kier alpha value is -1.18. The van der Waals surface area contributed by atoms with Crippen LogP contribution in [0.1, 0.15) is 38.2 Å². The van der Waals surface area contributed by atoms with Crippen molar-refractivity contribution in [1.29, 1.82) is 0 Å². The van der Waals surface area contributed by atoms with Crippen molar-refractivity contribution < 1.29 is 9.47 Å². The molecule has 1 atom stereocenters. The molecule has 0 fully saturated rings. The molecule has 15 heavy (non-hydrogen) atoms. The average molecular weight is 208 g/mol. The number of ether oxygens (including phenoxy) is 2. The van der Waals surface area contributed by atoms with Gasteiger partial charge in [0.1, 0.15) is 11.5 Å². The summed E-state index contributed by atoms with van der Waals surface area (Å²) < 4.78 is 10.5. The van der Waals surface area contributed by atoms with E-state index in [2.05, 4.69) is 26.0 Å². The Labute approximate surface area is 92.2 Å². The van der Waals surface area contributed by atoms with E-state index in [0.717, 1.165) is 11.5 Å². The van der Waals surface area contributed by atoms with E-state index in [9.17, 15) is 0 Å². The monoisotopic (exact) mass is 208 g/mol. The molecule has 0 saturated carbocycles. The molecule has 0 heterocycles. The quantitative estimate of drug-likeness (QED) is 0.736. The lowest BCUT2D eigenvalue weighted by molar-refractivity contribution is 0.392. The number of benzene rings is 1. The lowest BCUT2D eigenvalue weighted by Gasteiger charge is -2.13. The topological polar surface area (TPSA) is 18.5 Å². The Morgan fingerprint density at radius 2 is 1.60 bits per heavy atom. The van der Waals surface area contributed by atoms with Crippen LogP contribution in [-0.2, 0) is 0 Å². The van der Waals surface area contributed by atoms with Crippen LogP contribution in [0.15, 0.2) is 18.2 Å². The standard InChI is InChI=1S/C13H20O2/c1-5-6-10(2)11-7-12(14-3)9-13(8-11)15-4/h7-10H,5-6H2,1-4H3. The Bertz CT molecular complexity index is 285. The summed E-state index contributed by atoms with van der Waals surface area (Å²) >= 11 is 0. The summed E-state index contributed by atoms with van der Waals surface area (Å²) in [5.74, 6) is 2.29. The van der Waals surface area contributed by atoms with Gasteiger partial charge in [-0.1, -0.05) is 20.3 Å². The molecule has 84 valence electrons. The fourth-order valence-electron chi connectivity index (χ4n) is 1.71. The van der Waals surface area contributed by atoms with Crippen LogP contribution in [0.25, 0.3) is 0 Å². The van der Waals surface area contributed by atoms with Gasteiger partial charge in [-0.15, -0.1) is 0 Å². The van der Waals surface area contributed by atoms with E-state index in [1.165, 1.54) is 18.4 Å². The molecule has 2 nitrogen and oxygen atoms in total. The molecule has 2 heteroatoms. The molecular formula is C13H20O2. The van der Waals surface area contributed by atoms with Gasteiger partial charge >= 0.3 is 0 Å². The SMILES string of the molecule is CCCC(C)c1cc(OC)cc(OC)c1. The van der Waals surface area contributed by atoms with Crippen molar-refractivity contribution in [3.8, 4) is 11.5 Å². The molecule has 0 aromatic heterocycles. The molecule has 0 aliphatic rings. The summed E-state index contributed by atoms with van der Waals surface area (Å²) in [5.41, 5.74) is 1.29. The third-order valence-electron chi connectivity index (χ3n) is 2.66. The van der Waals surface area contributed by atoms with Crippen LogP contribution in [0.3, 0.4) is 0 Å². The maximum Gasteiger partial charge on any atom is 0.122 e. The molecule has 0 amide bonds. The zero-order chi connectivity index (χ0) is 11.3. The summed E-state index contributed by atoms with van der Waals surface area (Å²) in [4.78, 5) is 0. The maximum atomic E-state index is 5.25. The first-order valence-corrected chi connectivity index (χ1v) is 5.44. The van der Waals surface area contributed by atoms with E-state index in [0.29, 0.717) is 5.92 Å². The van der Waals surface area contributed by atoms with Crippen LogP contribution in [0.4, 0.5) is 0 Å². The molecule has 1 rings (SSSR count). The van der Waals surface area contributed by atoms with Gasteiger partial charge in [-0.25, -0.2) is 0 Å². The third kappa shape index (κ3) is 3.15. The highest BCUT2D eigenvalue weighted by Gasteiger charge is 2.08. The van der Waals surface area contributed by atoms with Gasteiger partial charge in [-0.2, -0.15) is 0 Å². The Balaban J connectivity index is 2.95. The number of rotatable bonds is 5. The summed E-state index contributed by atoms with van der Waals surface area (Å²) in [6, 6.07) is 6.08. The van der Waals surface area contributed by atoms with Gasteiger partial charge in [-0.3, -0.25) is 0 Å². The Kier molecular flexibility index (Phi) is 4.47. The highest BCUT2D eigenvalue weighted by molar-refractivity contribution is 5.39. The second-order valence-electron chi connectivity index (χ2n) is 3.84. The van der Waals surface area contributed by atoms with Crippen molar-refractivity contribution in [1.82, 2.24) is 0 Å². The summed E-state index contributed by atoms with van der Waals surface area (Å²) in [6.45, 7) is 4.44. The molecule has 0 spiro atoms. The summed E-state index contributed by atoms with van der Waals surface area (Å²) in [7, 11) is 3.37. The van der Waals surface area contributed by atoms with Crippen LogP contribution in [0.5, 0.6) is 11.5 Å². The second-order valence-corrected chi connectivity index (χ2v) is 3.84. The Morgan fingerprint density at radius 1 is 1.07 bits per heavy atom. The zero-order valence-corrected chi connectivity index (χ0v) is 10.0. The summed E-state index contributed by atoms with van der Waals surface area (Å²) in [6.07, 6.45) is 2.39. The lowest BCUT2D eigenvalue weighted by atomic mass is 9.96. The van der Waals surface area contributed by atoms with Crippen LogP contribution in [-0.4, -0.2) is 14.2 Å². The van der Waals surface area contributed by atoms with Crippen LogP contribution < -0.4 is 9.47 Å². The molecule has 0 aliphatic heterocycles. The second kappa shape index (κ2) is 5.64. The number of hydrogen-bond acceptors (Lipinski definition) is 2. The van der Waals surface area contributed by atoms with Crippen LogP contribution in [0.2, 0.25) is 0 Å². The molecule has 0 radical (unpaired) electrons. The first-order valence-electron chi connectivity index (χ1n) is 5.44. The molecule has 1 unspecified atom stereocenters. The third-order valence-corrected chi connectivity index (χ3v) is 2.66. The van der Waals surface area contributed by atoms with Gasteiger partial charge in [0.15, 0.2) is 0 Å². The predicted octanol–water partition coefficient (Wildman–Crippen LogP) is 3.61. The van der Waals surface area contributed by atoms with Crippen molar-refractivity contribution in [3.05, 3.63) is 23.8 Å². The maximum absolute atomic E-state index is 5.25. The van der Waals surface area contributed by atoms with Gasteiger partial charge in [0.05, 0.1) is 14.2 Å². The predicted molar refractivity (Wildman–Crippen MR) is 62.9 cm³/mol. The highest BCUT2D eigenvalue weighted by atomic mass is 16.5. The van der Waals surface area contributed by atoms with E-state index in [1.54, 1.807) is 14.2 Å². The molecule has 0 aliphatic carbocycles. The molecule has 0 saturated heterocycles. The number of methoxy groups -OCH3 is 2. The van der Waals surface area contributed by atoms with Crippen molar-refractivity contribution in [2.45, 2.75) is 32.6 Å². The van der Waals surface area contributed by atoms with Gasteiger partial charge in [0, 0.05) is 6.07 Å². The molecule has 1 aromatic carbocycles. The minimum absolute atomic E-state index is 0.555. The van der Waals surface area contributed by atoms with Gasteiger partial charge in [0.2, 0.25) is 0 Å². The molecular weight excluding hydrogens is 188 g/mol. The van der Waals surface area contributed by atoms with E-state index in [-0.39, 0.29) is 0 Å². The normalized spacial score (nSPS) is 12.3. The number of hydrogen-bond donors (Lipinski definition) is 0. The first-order chi connectivity index (χ1) is 7.21. The van der Waals surface area contributed by atoms with Crippen LogP contribution >= 0.6 is 0 Å². The van der Waals surface area contributed by atoms with Crippen LogP contribution in [0, 0.1) is 0 Å². The molecule has 0 bridgehead atoms. The minimum atomic E-state index is 0.555. The molecule has 0 N–H and O–H groups in total.